The van der Waals surface area contributed by atoms with Crippen LogP contribution in [0.5, 0.6) is 0 Å². The number of aliphatic hydroxyl groups is 1. The molecule has 0 aliphatic carbocycles. The summed E-state index contributed by atoms with van der Waals surface area (Å²) in [5, 5.41) is 9.24. The zero-order valence-electron chi connectivity index (χ0n) is 6.72. The van der Waals surface area contributed by atoms with Gasteiger partial charge < -0.3 is 5.11 Å². The highest BCUT2D eigenvalue weighted by Crippen LogP contribution is 2.19. The first-order chi connectivity index (χ1) is 5.65. The van der Waals surface area contributed by atoms with Crippen LogP contribution in [0.2, 0.25) is 0 Å². The van der Waals surface area contributed by atoms with Crippen LogP contribution in [0, 0.1) is 11.6 Å². The van der Waals surface area contributed by atoms with E-state index in [1.54, 1.807) is 6.92 Å². The molecule has 0 heterocycles. The van der Waals surface area contributed by atoms with Crippen molar-refractivity contribution in [2.24, 2.45) is 0 Å². The first-order valence-corrected chi connectivity index (χ1v) is 3.78. The minimum Gasteiger partial charge on any atom is -0.388 e. The average molecular weight is 172 g/mol. The van der Waals surface area contributed by atoms with Gasteiger partial charge in [-0.1, -0.05) is 13.0 Å². The second kappa shape index (κ2) is 3.63. The molecule has 0 aliphatic heterocycles. The van der Waals surface area contributed by atoms with E-state index in [1.807, 2.05) is 0 Å². The summed E-state index contributed by atoms with van der Waals surface area (Å²) in [5.41, 5.74) is 0.152. The number of benzene rings is 1. The lowest BCUT2D eigenvalue weighted by Crippen LogP contribution is -1.99. The molecule has 0 saturated carbocycles. The molecule has 1 nitrogen and oxygen atoms in total. The summed E-state index contributed by atoms with van der Waals surface area (Å²) < 4.78 is 25.3. The molecule has 0 fully saturated rings. The van der Waals surface area contributed by atoms with Crippen molar-refractivity contribution in [1.29, 1.82) is 0 Å². The van der Waals surface area contributed by atoms with Crippen LogP contribution >= 0.6 is 0 Å². The quantitative estimate of drug-likeness (QED) is 0.726. The Kier molecular flexibility index (Phi) is 2.76. The molecule has 0 aliphatic rings. The Labute approximate surface area is 69.7 Å². The number of rotatable bonds is 2. The third kappa shape index (κ3) is 1.80. The molecule has 1 rings (SSSR count). The topological polar surface area (TPSA) is 20.2 Å². The monoisotopic (exact) mass is 172 g/mol. The highest BCUT2D eigenvalue weighted by atomic mass is 19.1. The molecule has 0 unspecified atom stereocenters. The molecule has 0 radical (unpaired) electrons. The molecule has 0 amide bonds. The highest BCUT2D eigenvalue weighted by molar-refractivity contribution is 5.20. The fourth-order valence-electron chi connectivity index (χ4n) is 0.992. The molecule has 1 N–H and O–H groups in total. The fraction of sp³-hybridized carbons (Fsp3) is 0.333. The van der Waals surface area contributed by atoms with E-state index in [1.165, 1.54) is 6.07 Å². The molecule has 0 aromatic heterocycles. The lowest BCUT2D eigenvalue weighted by atomic mass is 10.1. The van der Waals surface area contributed by atoms with Gasteiger partial charge in [0.05, 0.1) is 6.10 Å². The van der Waals surface area contributed by atoms with E-state index in [0.29, 0.717) is 6.42 Å². The molecular weight excluding hydrogens is 162 g/mol. The van der Waals surface area contributed by atoms with E-state index in [9.17, 15) is 13.9 Å². The molecule has 1 atom stereocenters. The van der Waals surface area contributed by atoms with Crippen LogP contribution in [0.4, 0.5) is 8.78 Å². The van der Waals surface area contributed by atoms with Crippen molar-refractivity contribution in [3.8, 4) is 0 Å². The summed E-state index contributed by atoms with van der Waals surface area (Å²) in [5.74, 6) is -1.32. The van der Waals surface area contributed by atoms with Crippen molar-refractivity contribution < 1.29 is 13.9 Å². The van der Waals surface area contributed by atoms with E-state index >= 15 is 0 Å². The zero-order chi connectivity index (χ0) is 9.14. The Balaban J connectivity index is 3.01. The van der Waals surface area contributed by atoms with E-state index in [0.717, 1.165) is 12.1 Å². The van der Waals surface area contributed by atoms with Crippen molar-refractivity contribution in [3.05, 3.63) is 35.4 Å². The summed E-state index contributed by atoms with van der Waals surface area (Å²) in [7, 11) is 0. The third-order valence-electron chi connectivity index (χ3n) is 1.71. The molecule has 1 aromatic rings. The Bertz CT molecular complexity index is 273. The molecule has 0 saturated heterocycles. The SMILES string of the molecule is CC[C@@H](O)c1ccc(F)cc1F. The van der Waals surface area contributed by atoms with Crippen LogP contribution in [0.25, 0.3) is 0 Å². The molecule has 0 spiro atoms. The Morgan fingerprint density at radius 2 is 2.08 bits per heavy atom. The second-order valence-electron chi connectivity index (χ2n) is 2.59. The molecular formula is C9H10F2O. The number of aliphatic hydroxyl groups excluding tert-OH is 1. The smallest absolute Gasteiger partial charge is 0.131 e. The van der Waals surface area contributed by atoms with Crippen molar-refractivity contribution in [1.82, 2.24) is 0 Å². The van der Waals surface area contributed by atoms with Crippen LogP contribution in [0.1, 0.15) is 25.0 Å². The fourth-order valence-corrected chi connectivity index (χ4v) is 0.992. The van der Waals surface area contributed by atoms with Crippen LogP contribution in [-0.2, 0) is 0 Å². The van der Waals surface area contributed by atoms with Gasteiger partial charge in [0.2, 0.25) is 0 Å². The van der Waals surface area contributed by atoms with E-state index in [2.05, 4.69) is 0 Å². The molecule has 0 bridgehead atoms. The van der Waals surface area contributed by atoms with Crippen molar-refractivity contribution in [2.75, 3.05) is 0 Å². The first kappa shape index (κ1) is 9.13. The van der Waals surface area contributed by atoms with E-state index in [4.69, 9.17) is 0 Å². The van der Waals surface area contributed by atoms with E-state index < -0.39 is 17.7 Å². The van der Waals surface area contributed by atoms with Crippen LogP contribution in [-0.4, -0.2) is 5.11 Å². The predicted octanol–water partition coefficient (Wildman–Crippen LogP) is 2.41. The van der Waals surface area contributed by atoms with Gasteiger partial charge in [-0.15, -0.1) is 0 Å². The standard InChI is InChI=1S/C9H10F2O/c1-2-9(12)7-4-3-6(10)5-8(7)11/h3-5,9,12H,2H2,1H3/t9-/m1/s1. The largest absolute Gasteiger partial charge is 0.388 e. The average Bonchev–Trinajstić information content (AvgIpc) is 2.03. The number of halogens is 2. The second-order valence-corrected chi connectivity index (χ2v) is 2.59. The third-order valence-corrected chi connectivity index (χ3v) is 1.71. The lowest BCUT2D eigenvalue weighted by molar-refractivity contribution is 0.169. The Morgan fingerprint density at radius 1 is 1.42 bits per heavy atom. The van der Waals surface area contributed by atoms with Gasteiger partial charge in [0.25, 0.3) is 0 Å². The van der Waals surface area contributed by atoms with E-state index in [-0.39, 0.29) is 5.56 Å². The lowest BCUT2D eigenvalue weighted by Gasteiger charge is -2.08. The van der Waals surface area contributed by atoms with Crippen LogP contribution in [0.15, 0.2) is 18.2 Å². The summed E-state index contributed by atoms with van der Waals surface area (Å²) in [6.07, 6.45) is -0.423. The van der Waals surface area contributed by atoms with Crippen molar-refractivity contribution >= 4 is 0 Å². The minimum atomic E-state index is -0.842. The summed E-state index contributed by atoms with van der Waals surface area (Å²) >= 11 is 0. The van der Waals surface area contributed by atoms with Gasteiger partial charge >= 0.3 is 0 Å². The van der Waals surface area contributed by atoms with Crippen LogP contribution < -0.4 is 0 Å². The molecule has 1 aromatic carbocycles. The number of hydrogen-bond donors (Lipinski definition) is 1. The number of hydrogen-bond acceptors (Lipinski definition) is 1. The Morgan fingerprint density at radius 3 is 2.58 bits per heavy atom. The van der Waals surface area contributed by atoms with Gasteiger partial charge in [-0.05, 0) is 12.5 Å². The Hall–Kier alpha value is -0.960. The van der Waals surface area contributed by atoms with Gasteiger partial charge in [-0.2, -0.15) is 0 Å². The minimum absolute atomic E-state index is 0.152. The molecule has 66 valence electrons. The molecule has 12 heavy (non-hydrogen) atoms. The normalized spacial score (nSPS) is 13.0. The predicted molar refractivity (Wildman–Crippen MR) is 41.6 cm³/mol. The summed E-state index contributed by atoms with van der Waals surface area (Å²) in [6, 6.07) is 3.17. The summed E-state index contributed by atoms with van der Waals surface area (Å²) in [6.45, 7) is 1.73. The van der Waals surface area contributed by atoms with Crippen molar-refractivity contribution in [3.63, 3.8) is 0 Å². The van der Waals surface area contributed by atoms with Gasteiger partial charge in [-0.25, -0.2) is 8.78 Å². The summed E-state index contributed by atoms with van der Waals surface area (Å²) in [4.78, 5) is 0. The van der Waals surface area contributed by atoms with Gasteiger partial charge in [0.15, 0.2) is 0 Å². The zero-order valence-corrected chi connectivity index (χ0v) is 6.72. The maximum atomic E-state index is 12.9. The maximum absolute atomic E-state index is 12.9. The van der Waals surface area contributed by atoms with Crippen molar-refractivity contribution in [2.45, 2.75) is 19.4 Å². The van der Waals surface area contributed by atoms with Crippen LogP contribution in [0.3, 0.4) is 0 Å². The van der Waals surface area contributed by atoms with Gasteiger partial charge in [-0.3, -0.25) is 0 Å². The maximum Gasteiger partial charge on any atom is 0.131 e. The molecule has 3 heteroatoms. The highest BCUT2D eigenvalue weighted by Gasteiger charge is 2.10. The van der Waals surface area contributed by atoms with Gasteiger partial charge in [0, 0.05) is 11.6 Å². The first-order valence-electron chi connectivity index (χ1n) is 3.78. The van der Waals surface area contributed by atoms with Gasteiger partial charge in [0.1, 0.15) is 11.6 Å².